The third-order valence-electron chi connectivity index (χ3n) is 4.11. The summed E-state index contributed by atoms with van der Waals surface area (Å²) in [6.45, 7) is 3.88. The second-order valence-electron chi connectivity index (χ2n) is 6.48. The molecule has 0 saturated carbocycles. The van der Waals surface area contributed by atoms with Crippen molar-refractivity contribution in [2.75, 3.05) is 23.8 Å². The van der Waals surface area contributed by atoms with Gasteiger partial charge in [0, 0.05) is 17.9 Å². The number of amides is 1. The molecule has 0 aliphatic carbocycles. The molecule has 156 valence electrons. The van der Waals surface area contributed by atoms with Crippen LogP contribution in [0.5, 0.6) is 0 Å². The van der Waals surface area contributed by atoms with E-state index in [-0.39, 0.29) is 10.6 Å². The highest BCUT2D eigenvalue weighted by Crippen LogP contribution is 2.19. The fourth-order valence-electron chi connectivity index (χ4n) is 2.61. The Morgan fingerprint density at radius 3 is 2.55 bits per heavy atom. The minimum Gasteiger partial charge on any atom is -0.452 e. The Labute approximate surface area is 170 Å². The Hall–Kier alpha value is -2.91. The molecular weight excluding hydrogens is 394 g/mol. The summed E-state index contributed by atoms with van der Waals surface area (Å²) in [7, 11) is -3.91. The average Bonchev–Trinajstić information content (AvgIpc) is 2.67. The van der Waals surface area contributed by atoms with Crippen molar-refractivity contribution >= 4 is 33.3 Å². The minimum absolute atomic E-state index is 0.0839. The summed E-state index contributed by atoms with van der Waals surface area (Å²) < 4.78 is 28.3. The van der Waals surface area contributed by atoms with Crippen molar-refractivity contribution in [3.05, 3.63) is 53.6 Å². The molecule has 1 amide bonds. The highest BCUT2D eigenvalue weighted by Gasteiger charge is 2.16. The molecule has 8 nitrogen and oxygen atoms in total. The number of ether oxygens (including phenoxy) is 1. The molecule has 0 aromatic heterocycles. The first-order valence-electron chi connectivity index (χ1n) is 9.15. The number of hydrogen-bond acceptors (Lipinski definition) is 6. The third kappa shape index (κ3) is 6.58. The van der Waals surface area contributed by atoms with E-state index in [4.69, 9.17) is 9.88 Å². The van der Waals surface area contributed by atoms with Gasteiger partial charge < -0.3 is 15.4 Å². The number of hydrogen-bond donors (Lipinski definition) is 3. The zero-order valence-corrected chi connectivity index (χ0v) is 17.2. The van der Waals surface area contributed by atoms with Gasteiger partial charge in [-0.15, -0.1) is 0 Å². The van der Waals surface area contributed by atoms with Gasteiger partial charge in [-0.25, -0.2) is 18.4 Å². The van der Waals surface area contributed by atoms with Crippen molar-refractivity contribution in [2.24, 2.45) is 5.14 Å². The van der Waals surface area contributed by atoms with E-state index in [1.807, 2.05) is 0 Å². The van der Waals surface area contributed by atoms with Crippen LogP contribution in [0.4, 0.5) is 11.4 Å². The van der Waals surface area contributed by atoms with Gasteiger partial charge in [0.2, 0.25) is 10.0 Å². The molecule has 0 aliphatic heterocycles. The Balaban J connectivity index is 1.99. The number of carbonyl (C=O) groups excluding carboxylic acids is 2. The van der Waals surface area contributed by atoms with Gasteiger partial charge in [-0.3, -0.25) is 4.79 Å². The maximum atomic E-state index is 12.3. The predicted molar refractivity (Wildman–Crippen MR) is 111 cm³/mol. The summed E-state index contributed by atoms with van der Waals surface area (Å²) in [5.74, 6) is -1.23. The van der Waals surface area contributed by atoms with Crippen LogP contribution in [0.2, 0.25) is 0 Å². The van der Waals surface area contributed by atoms with Crippen molar-refractivity contribution in [2.45, 2.75) is 31.6 Å². The van der Waals surface area contributed by atoms with Gasteiger partial charge >= 0.3 is 5.97 Å². The second kappa shape index (κ2) is 10.0. The summed E-state index contributed by atoms with van der Waals surface area (Å²) in [5, 5.41) is 10.8. The standard InChI is InChI=1S/C20H25N3O5S/c1-3-4-11-22-17-8-6-5-7-16(17)20(25)28-13-19(24)23-15-10-9-14(2)18(12-15)29(21,26)27/h5-10,12,22H,3-4,11,13H2,1-2H3,(H,23,24)(H2,21,26,27). The maximum Gasteiger partial charge on any atom is 0.340 e. The summed E-state index contributed by atoms with van der Waals surface area (Å²) in [6.07, 6.45) is 1.98. The SMILES string of the molecule is CCCCNc1ccccc1C(=O)OCC(=O)Nc1ccc(C)c(S(N)(=O)=O)c1. The maximum absolute atomic E-state index is 12.3. The van der Waals surface area contributed by atoms with Crippen LogP contribution in [0, 0.1) is 6.92 Å². The number of para-hydroxylation sites is 1. The summed E-state index contributed by atoms with van der Waals surface area (Å²) >= 11 is 0. The molecule has 9 heteroatoms. The van der Waals surface area contributed by atoms with Crippen LogP contribution in [-0.4, -0.2) is 33.4 Å². The number of sulfonamides is 1. The lowest BCUT2D eigenvalue weighted by atomic mass is 10.1. The Morgan fingerprint density at radius 1 is 1.14 bits per heavy atom. The molecule has 2 aromatic rings. The normalized spacial score (nSPS) is 11.0. The molecule has 29 heavy (non-hydrogen) atoms. The van der Waals surface area contributed by atoms with Crippen molar-refractivity contribution in [3.63, 3.8) is 0 Å². The zero-order valence-electron chi connectivity index (χ0n) is 16.4. The number of anilines is 2. The minimum atomic E-state index is -3.91. The van der Waals surface area contributed by atoms with Crippen LogP contribution in [-0.2, 0) is 19.6 Å². The number of nitrogens with one attached hydrogen (secondary N) is 2. The van der Waals surface area contributed by atoms with Gasteiger partial charge in [0.15, 0.2) is 6.61 Å². The molecule has 0 atom stereocenters. The van der Waals surface area contributed by atoms with E-state index in [1.165, 1.54) is 18.2 Å². The Bertz CT molecular complexity index is 989. The molecular formula is C20H25N3O5S. The zero-order chi connectivity index (χ0) is 21.4. The van der Waals surface area contributed by atoms with Gasteiger partial charge in [0.25, 0.3) is 5.91 Å². The molecule has 0 fully saturated rings. The molecule has 0 saturated heterocycles. The van der Waals surface area contributed by atoms with Gasteiger partial charge in [0.05, 0.1) is 10.5 Å². The molecule has 0 radical (unpaired) electrons. The molecule has 4 N–H and O–H groups in total. The van der Waals surface area contributed by atoms with E-state index in [1.54, 1.807) is 31.2 Å². The van der Waals surface area contributed by atoms with Crippen LogP contribution in [0.25, 0.3) is 0 Å². The lowest BCUT2D eigenvalue weighted by molar-refractivity contribution is -0.119. The fourth-order valence-corrected chi connectivity index (χ4v) is 3.41. The quantitative estimate of drug-likeness (QED) is 0.423. The number of rotatable bonds is 9. The average molecular weight is 420 g/mol. The Kier molecular flexibility index (Phi) is 7.74. The number of esters is 1. The van der Waals surface area contributed by atoms with Gasteiger partial charge in [-0.1, -0.05) is 31.5 Å². The number of nitrogens with two attached hydrogens (primary N) is 1. The number of carbonyl (C=O) groups is 2. The van der Waals surface area contributed by atoms with E-state index in [0.717, 1.165) is 19.4 Å². The van der Waals surface area contributed by atoms with Crippen LogP contribution in [0.1, 0.15) is 35.7 Å². The van der Waals surface area contributed by atoms with Crippen molar-refractivity contribution in [3.8, 4) is 0 Å². The van der Waals surface area contributed by atoms with Crippen LogP contribution >= 0.6 is 0 Å². The van der Waals surface area contributed by atoms with Gasteiger partial charge in [-0.2, -0.15) is 0 Å². The van der Waals surface area contributed by atoms with E-state index < -0.39 is 28.5 Å². The third-order valence-corrected chi connectivity index (χ3v) is 5.16. The summed E-state index contributed by atoms with van der Waals surface area (Å²) in [4.78, 5) is 24.4. The van der Waals surface area contributed by atoms with Crippen LogP contribution in [0.15, 0.2) is 47.4 Å². The van der Waals surface area contributed by atoms with E-state index in [9.17, 15) is 18.0 Å². The van der Waals surface area contributed by atoms with Crippen LogP contribution in [0.3, 0.4) is 0 Å². The molecule has 0 bridgehead atoms. The molecule has 2 rings (SSSR count). The predicted octanol–water partition coefficient (Wildman–Crippen LogP) is 2.65. The Morgan fingerprint density at radius 2 is 1.86 bits per heavy atom. The highest BCUT2D eigenvalue weighted by molar-refractivity contribution is 7.89. The van der Waals surface area contributed by atoms with E-state index >= 15 is 0 Å². The van der Waals surface area contributed by atoms with Gasteiger partial charge in [-0.05, 0) is 43.2 Å². The fraction of sp³-hybridized carbons (Fsp3) is 0.300. The van der Waals surface area contributed by atoms with E-state index in [2.05, 4.69) is 17.6 Å². The van der Waals surface area contributed by atoms with Crippen LogP contribution < -0.4 is 15.8 Å². The van der Waals surface area contributed by atoms with E-state index in [0.29, 0.717) is 16.8 Å². The first-order chi connectivity index (χ1) is 13.7. The number of benzene rings is 2. The number of unbranched alkanes of at least 4 members (excludes halogenated alkanes) is 1. The molecule has 2 aromatic carbocycles. The van der Waals surface area contributed by atoms with Crippen molar-refractivity contribution in [1.29, 1.82) is 0 Å². The second-order valence-corrected chi connectivity index (χ2v) is 8.01. The first kappa shape index (κ1) is 22.4. The summed E-state index contributed by atoms with van der Waals surface area (Å²) in [6, 6.07) is 11.2. The monoisotopic (exact) mass is 419 g/mol. The largest absolute Gasteiger partial charge is 0.452 e. The molecule has 0 aliphatic rings. The molecule has 0 unspecified atom stereocenters. The van der Waals surface area contributed by atoms with Gasteiger partial charge in [0.1, 0.15) is 0 Å². The number of aryl methyl sites for hydroxylation is 1. The molecule has 0 spiro atoms. The first-order valence-corrected chi connectivity index (χ1v) is 10.7. The molecule has 0 heterocycles. The van der Waals surface area contributed by atoms with Crippen molar-refractivity contribution in [1.82, 2.24) is 0 Å². The highest BCUT2D eigenvalue weighted by atomic mass is 32.2. The number of primary sulfonamides is 1. The topological polar surface area (TPSA) is 128 Å². The lowest BCUT2D eigenvalue weighted by Gasteiger charge is -2.12. The smallest absolute Gasteiger partial charge is 0.340 e. The lowest BCUT2D eigenvalue weighted by Crippen LogP contribution is -2.22. The van der Waals surface area contributed by atoms with Crippen molar-refractivity contribution < 1.29 is 22.7 Å². The summed E-state index contributed by atoms with van der Waals surface area (Å²) in [5.41, 5.74) is 1.68.